The van der Waals surface area contributed by atoms with E-state index in [2.05, 4.69) is 14.5 Å². The molecule has 0 aliphatic heterocycles. The van der Waals surface area contributed by atoms with Crippen molar-refractivity contribution in [2.75, 3.05) is 6.54 Å². The fraction of sp³-hybridized carbons (Fsp3) is 0.333. The Kier molecular flexibility index (Phi) is 3.66. The van der Waals surface area contributed by atoms with Gasteiger partial charge in [0, 0.05) is 36.9 Å². The molecule has 2 aromatic heterocycles. The number of hydrogen-bond acceptors (Lipinski definition) is 3. The number of rotatable bonds is 5. The number of hydrogen-bond donors (Lipinski definition) is 1. The van der Waals surface area contributed by atoms with Crippen LogP contribution >= 0.6 is 0 Å². The van der Waals surface area contributed by atoms with Gasteiger partial charge < -0.3 is 10.3 Å². The summed E-state index contributed by atoms with van der Waals surface area (Å²) in [5.41, 5.74) is 6.54. The van der Waals surface area contributed by atoms with Gasteiger partial charge in [-0.2, -0.15) is 0 Å². The van der Waals surface area contributed by atoms with Crippen LogP contribution in [0.2, 0.25) is 0 Å². The maximum absolute atomic E-state index is 5.48. The molecule has 0 bridgehead atoms. The molecule has 0 radical (unpaired) electrons. The van der Waals surface area contributed by atoms with E-state index in [1.165, 1.54) is 0 Å². The standard InChI is InChI=1S/C12H16N4/c13-5-1-2-8-16-9-7-15-12(16)11-4-3-6-14-10-11/h3-4,6-7,9-10H,1-2,5,8,13H2. The Morgan fingerprint density at radius 1 is 1.25 bits per heavy atom. The molecule has 2 rings (SSSR count). The first-order chi connectivity index (χ1) is 7.92. The van der Waals surface area contributed by atoms with Crippen molar-refractivity contribution in [1.82, 2.24) is 14.5 Å². The Labute approximate surface area is 95.1 Å². The first-order valence-electron chi connectivity index (χ1n) is 5.53. The number of aryl methyl sites for hydroxylation is 1. The van der Waals surface area contributed by atoms with Gasteiger partial charge in [-0.05, 0) is 31.5 Å². The van der Waals surface area contributed by atoms with Gasteiger partial charge in [-0.15, -0.1) is 0 Å². The molecule has 0 unspecified atom stereocenters. The van der Waals surface area contributed by atoms with Crippen LogP contribution in [0.4, 0.5) is 0 Å². The summed E-state index contributed by atoms with van der Waals surface area (Å²) in [6, 6.07) is 3.95. The predicted octanol–water partition coefficient (Wildman–Crippen LogP) is 1.68. The van der Waals surface area contributed by atoms with Gasteiger partial charge in [0.25, 0.3) is 0 Å². The van der Waals surface area contributed by atoms with Gasteiger partial charge in [-0.1, -0.05) is 0 Å². The monoisotopic (exact) mass is 216 g/mol. The zero-order valence-corrected chi connectivity index (χ0v) is 9.21. The number of pyridine rings is 1. The predicted molar refractivity (Wildman–Crippen MR) is 63.7 cm³/mol. The molecule has 0 amide bonds. The molecule has 2 aromatic rings. The third-order valence-corrected chi connectivity index (χ3v) is 2.49. The van der Waals surface area contributed by atoms with Crippen molar-refractivity contribution in [2.24, 2.45) is 5.73 Å². The van der Waals surface area contributed by atoms with Crippen LogP contribution in [0.3, 0.4) is 0 Å². The van der Waals surface area contributed by atoms with Gasteiger partial charge in [-0.3, -0.25) is 4.98 Å². The van der Waals surface area contributed by atoms with Gasteiger partial charge in [0.05, 0.1) is 0 Å². The summed E-state index contributed by atoms with van der Waals surface area (Å²) in [4.78, 5) is 8.46. The summed E-state index contributed by atoms with van der Waals surface area (Å²) < 4.78 is 2.15. The Bertz CT molecular complexity index is 422. The Morgan fingerprint density at radius 2 is 2.19 bits per heavy atom. The van der Waals surface area contributed by atoms with E-state index < -0.39 is 0 Å². The van der Waals surface area contributed by atoms with Crippen molar-refractivity contribution in [3.8, 4) is 11.4 Å². The van der Waals surface area contributed by atoms with E-state index >= 15 is 0 Å². The fourth-order valence-electron chi connectivity index (χ4n) is 1.67. The summed E-state index contributed by atoms with van der Waals surface area (Å²) >= 11 is 0. The van der Waals surface area contributed by atoms with E-state index in [1.807, 2.05) is 30.7 Å². The van der Waals surface area contributed by atoms with Crippen LogP contribution in [0, 0.1) is 0 Å². The zero-order valence-electron chi connectivity index (χ0n) is 9.21. The van der Waals surface area contributed by atoms with Crippen LogP contribution in [0.1, 0.15) is 12.8 Å². The molecule has 0 aliphatic rings. The molecule has 4 heteroatoms. The molecule has 0 saturated carbocycles. The molecule has 0 aliphatic carbocycles. The van der Waals surface area contributed by atoms with Crippen LogP contribution in [0.15, 0.2) is 36.9 Å². The molecule has 16 heavy (non-hydrogen) atoms. The van der Waals surface area contributed by atoms with Crippen LogP contribution < -0.4 is 5.73 Å². The maximum atomic E-state index is 5.48. The fourth-order valence-corrected chi connectivity index (χ4v) is 1.67. The molecule has 84 valence electrons. The number of nitrogens with two attached hydrogens (primary N) is 1. The van der Waals surface area contributed by atoms with Crippen molar-refractivity contribution < 1.29 is 0 Å². The highest BCUT2D eigenvalue weighted by atomic mass is 15.1. The van der Waals surface area contributed by atoms with Crippen molar-refractivity contribution in [3.63, 3.8) is 0 Å². The highest BCUT2D eigenvalue weighted by Gasteiger charge is 2.04. The topological polar surface area (TPSA) is 56.7 Å². The van der Waals surface area contributed by atoms with E-state index in [-0.39, 0.29) is 0 Å². The minimum absolute atomic E-state index is 0.747. The van der Waals surface area contributed by atoms with Gasteiger partial charge in [0.15, 0.2) is 0 Å². The Balaban J connectivity index is 2.13. The molecule has 2 heterocycles. The summed E-state index contributed by atoms with van der Waals surface area (Å²) in [7, 11) is 0. The van der Waals surface area contributed by atoms with Gasteiger partial charge >= 0.3 is 0 Å². The average molecular weight is 216 g/mol. The second kappa shape index (κ2) is 5.42. The van der Waals surface area contributed by atoms with E-state index in [0.717, 1.165) is 37.3 Å². The number of aromatic nitrogens is 3. The minimum Gasteiger partial charge on any atom is -0.331 e. The molecular weight excluding hydrogens is 200 g/mol. The third kappa shape index (κ3) is 2.46. The SMILES string of the molecule is NCCCCn1ccnc1-c1cccnc1. The summed E-state index contributed by atoms with van der Waals surface area (Å²) in [6.07, 6.45) is 9.56. The molecule has 0 fully saturated rings. The van der Waals surface area contributed by atoms with E-state index in [9.17, 15) is 0 Å². The lowest BCUT2D eigenvalue weighted by molar-refractivity contribution is 0.619. The molecule has 0 saturated heterocycles. The van der Waals surface area contributed by atoms with Crippen molar-refractivity contribution in [3.05, 3.63) is 36.9 Å². The Hall–Kier alpha value is -1.68. The van der Waals surface area contributed by atoms with E-state index in [0.29, 0.717) is 0 Å². The number of unbranched alkanes of at least 4 members (excludes halogenated alkanes) is 1. The lowest BCUT2D eigenvalue weighted by Crippen LogP contribution is -2.04. The quantitative estimate of drug-likeness (QED) is 0.774. The van der Waals surface area contributed by atoms with Crippen molar-refractivity contribution in [1.29, 1.82) is 0 Å². The second-order valence-corrected chi connectivity index (χ2v) is 3.68. The van der Waals surface area contributed by atoms with Crippen LogP contribution in [-0.4, -0.2) is 21.1 Å². The normalized spacial score (nSPS) is 10.6. The molecule has 0 aromatic carbocycles. The molecule has 0 atom stereocenters. The average Bonchev–Trinajstić information content (AvgIpc) is 2.79. The highest BCUT2D eigenvalue weighted by molar-refractivity contribution is 5.53. The number of imidazole rings is 1. The number of nitrogens with zero attached hydrogens (tertiary/aromatic N) is 3. The first kappa shape index (κ1) is 10.8. The summed E-state index contributed by atoms with van der Waals surface area (Å²) in [6.45, 7) is 1.71. The van der Waals surface area contributed by atoms with E-state index in [1.54, 1.807) is 6.20 Å². The van der Waals surface area contributed by atoms with Gasteiger partial charge in [0.2, 0.25) is 0 Å². The molecule has 4 nitrogen and oxygen atoms in total. The third-order valence-electron chi connectivity index (χ3n) is 2.49. The molecule has 0 spiro atoms. The summed E-state index contributed by atoms with van der Waals surface area (Å²) in [5.74, 6) is 0.977. The Morgan fingerprint density at radius 3 is 2.94 bits per heavy atom. The van der Waals surface area contributed by atoms with E-state index in [4.69, 9.17) is 5.73 Å². The summed E-state index contributed by atoms with van der Waals surface area (Å²) in [5, 5.41) is 0. The lowest BCUT2D eigenvalue weighted by atomic mass is 10.2. The maximum Gasteiger partial charge on any atom is 0.141 e. The lowest BCUT2D eigenvalue weighted by Gasteiger charge is -2.06. The zero-order chi connectivity index (χ0) is 11.2. The van der Waals surface area contributed by atoms with Crippen LogP contribution in [0.5, 0.6) is 0 Å². The minimum atomic E-state index is 0.747. The van der Waals surface area contributed by atoms with Crippen LogP contribution in [0.25, 0.3) is 11.4 Å². The highest BCUT2D eigenvalue weighted by Crippen LogP contribution is 2.16. The van der Waals surface area contributed by atoms with Crippen molar-refractivity contribution >= 4 is 0 Å². The second-order valence-electron chi connectivity index (χ2n) is 3.68. The van der Waals surface area contributed by atoms with Gasteiger partial charge in [0.1, 0.15) is 5.82 Å². The largest absolute Gasteiger partial charge is 0.331 e. The first-order valence-corrected chi connectivity index (χ1v) is 5.53. The van der Waals surface area contributed by atoms with Gasteiger partial charge in [-0.25, -0.2) is 4.98 Å². The molecular formula is C12H16N4. The van der Waals surface area contributed by atoms with Crippen molar-refractivity contribution in [2.45, 2.75) is 19.4 Å². The molecule has 2 N–H and O–H groups in total. The smallest absolute Gasteiger partial charge is 0.141 e. The van der Waals surface area contributed by atoms with Crippen LogP contribution in [-0.2, 0) is 6.54 Å².